The van der Waals surface area contributed by atoms with Gasteiger partial charge >= 0.3 is 0 Å². The van der Waals surface area contributed by atoms with E-state index in [1.54, 1.807) is 0 Å². The molecule has 3 rings (SSSR count). The molecule has 0 amide bonds. The number of benzene rings is 2. The van der Waals surface area contributed by atoms with E-state index in [0.29, 0.717) is 0 Å². The molecule has 1 N–H and O–H groups in total. The molecule has 0 unspecified atom stereocenters. The maximum Gasteiger partial charge on any atom is 0.153 e. The van der Waals surface area contributed by atoms with Crippen LogP contribution in [0.25, 0.3) is 0 Å². The Morgan fingerprint density at radius 1 is 0.909 bits per heavy atom. The molecule has 2 atom stereocenters. The van der Waals surface area contributed by atoms with Crippen molar-refractivity contribution in [2.45, 2.75) is 17.5 Å². The predicted molar refractivity (Wildman–Crippen MR) is 89.9 cm³/mol. The SMILES string of the molecule is O=S1(=O)C[C@H](Cl)[C@H](NC(c2ccccc2)c2ccccc2)C1. The molecular weight excluding hydrogens is 318 g/mol. The van der Waals surface area contributed by atoms with E-state index in [1.165, 1.54) is 0 Å². The molecule has 0 aromatic heterocycles. The van der Waals surface area contributed by atoms with Crippen molar-refractivity contribution in [3.63, 3.8) is 0 Å². The number of nitrogens with one attached hydrogen (secondary N) is 1. The monoisotopic (exact) mass is 335 g/mol. The first kappa shape index (κ1) is 15.5. The van der Waals surface area contributed by atoms with E-state index in [0.717, 1.165) is 11.1 Å². The highest BCUT2D eigenvalue weighted by Crippen LogP contribution is 2.26. The molecule has 22 heavy (non-hydrogen) atoms. The highest BCUT2D eigenvalue weighted by Gasteiger charge is 2.37. The lowest BCUT2D eigenvalue weighted by Crippen LogP contribution is -2.39. The van der Waals surface area contributed by atoms with Gasteiger partial charge in [0.15, 0.2) is 9.84 Å². The second-order valence-electron chi connectivity index (χ2n) is 5.62. The normalized spacial score (nSPS) is 23.7. The molecule has 1 saturated heterocycles. The Bertz CT molecular complexity index is 679. The number of hydrogen-bond acceptors (Lipinski definition) is 3. The van der Waals surface area contributed by atoms with Gasteiger partial charge in [0.05, 0.1) is 22.9 Å². The Morgan fingerprint density at radius 3 is 1.82 bits per heavy atom. The smallest absolute Gasteiger partial charge is 0.153 e. The molecule has 1 heterocycles. The van der Waals surface area contributed by atoms with Crippen LogP contribution in [-0.2, 0) is 9.84 Å². The van der Waals surface area contributed by atoms with Crippen molar-refractivity contribution >= 4 is 21.4 Å². The summed E-state index contributed by atoms with van der Waals surface area (Å²) in [4.78, 5) is 0. The summed E-state index contributed by atoms with van der Waals surface area (Å²) in [5, 5.41) is 3.05. The van der Waals surface area contributed by atoms with Gasteiger partial charge in [-0.05, 0) is 11.1 Å². The third-order valence-electron chi connectivity index (χ3n) is 3.93. The van der Waals surface area contributed by atoms with Crippen LogP contribution >= 0.6 is 11.6 Å². The number of rotatable bonds is 4. The average Bonchev–Trinajstić information content (AvgIpc) is 2.78. The zero-order chi connectivity index (χ0) is 15.6. The third-order valence-corrected chi connectivity index (χ3v) is 6.31. The van der Waals surface area contributed by atoms with E-state index in [9.17, 15) is 8.42 Å². The fraction of sp³-hybridized carbons (Fsp3) is 0.294. The summed E-state index contributed by atoms with van der Waals surface area (Å²) in [6.45, 7) is 0. The molecule has 5 heteroatoms. The first-order valence-corrected chi connectivity index (χ1v) is 9.51. The van der Waals surface area contributed by atoms with Crippen molar-refractivity contribution in [3.05, 3.63) is 71.8 Å². The number of sulfone groups is 1. The second kappa shape index (κ2) is 6.41. The van der Waals surface area contributed by atoms with Crippen molar-refractivity contribution in [1.29, 1.82) is 0 Å². The zero-order valence-corrected chi connectivity index (χ0v) is 13.6. The van der Waals surface area contributed by atoms with Crippen molar-refractivity contribution < 1.29 is 8.42 Å². The van der Waals surface area contributed by atoms with Gasteiger partial charge in [-0.3, -0.25) is 0 Å². The summed E-state index contributed by atoms with van der Waals surface area (Å²) in [6.07, 6.45) is 0. The molecule has 116 valence electrons. The molecular formula is C17H18ClNO2S. The van der Waals surface area contributed by atoms with Crippen molar-refractivity contribution in [2.75, 3.05) is 11.5 Å². The van der Waals surface area contributed by atoms with E-state index in [4.69, 9.17) is 11.6 Å². The van der Waals surface area contributed by atoms with E-state index >= 15 is 0 Å². The summed E-state index contributed by atoms with van der Waals surface area (Å²) >= 11 is 6.24. The fourth-order valence-corrected chi connectivity index (χ4v) is 5.42. The van der Waals surface area contributed by atoms with Crippen LogP contribution in [0.5, 0.6) is 0 Å². The first-order valence-electron chi connectivity index (χ1n) is 7.25. The van der Waals surface area contributed by atoms with Gasteiger partial charge in [-0.1, -0.05) is 60.7 Å². The van der Waals surface area contributed by atoms with Crippen LogP contribution in [0.2, 0.25) is 0 Å². The molecule has 3 nitrogen and oxygen atoms in total. The molecule has 2 aromatic rings. The molecule has 1 aliphatic rings. The molecule has 2 aromatic carbocycles. The second-order valence-corrected chi connectivity index (χ2v) is 8.33. The number of hydrogen-bond donors (Lipinski definition) is 1. The summed E-state index contributed by atoms with van der Waals surface area (Å²) < 4.78 is 23.6. The Balaban J connectivity index is 1.90. The van der Waals surface area contributed by atoms with Crippen molar-refractivity contribution in [2.24, 2.45) is 0 Å². The third kappa shape index (κ3) is 3.51. The minimum atomic E-state index is -3.05. The minimum Gasteiger partial charge on any atom is -0.301 e. The molecule has 1 fully saturated rings. The van der Waals surface area contributed by atoms with Gasteiger partial charge in [0.25, 0.3) is 0 Å². The van der Waals surface area contributed by atoms with Gasteiger partial charge in [0, 0.05) is 6.04 Å². The van der Waals surface area contributed by atoms with Crippen LogP contribution in [0, 0.1) is 0 Å². The van der Waals surface area contributed by atoms with Gasteiger partial charge in [-0.25, -0.2) is 8.42 Å². The van der Waals surface area contributed by atoms with Gasteiger partial charge in [-0.15, -0.1) is 11.6 Å². The fourth-order valence-electron chi connectivity index (χ4n) is 2.85. The molecule has 0 spiro atoms. The first-order chi connectivity index (χ1) is 10.6. The van der Waals surface area contributed by atoms with Crippen LogP contribution in [0.1, 0.15) is 17.2 Å². The lowest BCUT2D eigenvalue weighted by molar-refractivity contribution is 0.508. The molecule has 0 aliphatic carbocycles. The largest absolute Gasteiger partial charge is 0.301 e. The molecule has 1 aliphatic heterocycles. The lowest BCUT2D eigenvalue weighted by atomic mass is 9.97. The number of halogens is 1. The van der Waals surface area contributed by atoms with E-state index in [2.05, 4.69) is 5.32 Å². The Labute approximate surface area is 136 Å². The summed E-state index contributed by atoms with van der Waals surface area (Å²) in [5.74, 6) is 0.139. The quantitative estimate of drug-likeness (QED) is 0.874. The Hall–Kier alpha value is -1.36. The summed E-state index contributed by atoms with van der Waals surface area (Å²) in [7, 11) is -3.05. The molecule has 0 radical (unpaired) electrons. The van der Waals surface area contributed by atoms with Gasteiger partial charge in [-0.2, -0.15) is 0 Å². The van der Waals surface area contributed by atoms with E-state index < -0.39 is 9.84 Å². The average molecular weight is 336 g/mol. The maximum absolute atomic E-state index is 11.8. The van der Waals surface area contributed by atoms with Crippen LogP contribution < -0.4 is 5.32 Å². The van der Waals surface area contributed by atoms with Crippen LogP contribution in [-0.4, -0.2) is 31.3 Å². The van der Waals surface area contributed by atoms with E-state index in [-0.39, 0.29) is 29.0 Å². The number of alkyl halides is 1. The van der Waals surface area contributed by atoms with Gasteiger partial charge < -0.3 is 5.32 Å². The van der Waals surface area contributed by atoms with Crippen LogP contribution in [0.3, 0.4) is 0 Å². The topological polar surface area (TPSA) is 46.2 Å². The summed E-state index contributed by atoms with van der Waals surface area (Å²) in [5.41, 5.74) is 2.20. The van der Waals surface area contributed by atoms with Crippen LogP contribution in [0.4, 0.5) is 0 Å². The lowest BCUT2D eigenvalue weighted by Gasteiger charge is -2.25. The molecule has 0 saturated carbocycles. The standard InChI is InChI=1S/C17H18ClNO2S/c18-15-11-22(20,21)12-16(15)19-17(13-7-3-1-4-8-13)14-9-5-2-6-10-14/h1-10,15-17,19H,11-12H2/t15-,16+/m0/s1. The zero-order valence-electron chi connectivity index (χ0n) is 12.0. The maximum atomic E-state index is 11.8. The molecule has 0 bridgehead atoms. The Kier molecular flexibility index (Phi) is 4.52. The van der Waals surface area contributed by atoms with Gasteiger partial charge in [0.1, 0.15) is 0 Å². The highest BCUT2D eigenvalue weighted by molar-refractivity contribution is 7.91. The minimum absolute atomic E-state index is 0.0442. The highest BCUT2D eigenvalue weighted by atomic mass is 35.5. The van der Waals surface area contributed by atoms with Gasteiger partial charge in [0.2, 0.25) is 0 Å². The Morgan fingerprint density at radius 2 is 1.41 bits per heavy atom. The summed E-state index contributed by atoms with van der Waals surface area (Å²) in [6, 6.07) is 19.7. The van der Waals surface area contributed by atoms with Crippen LogP contribution in [0.15, 0.2) is 60.7 Å². The van der Waals surface area contributed by atoms with E-state index in [1.807, 2.05) is 60.7 Å². The predicted octanol–water partition coefficient (Wildman–Crippen LogP) is 2.77. The van der Waals surface area contributed by atoms with Crippen molar-refractivity contribution in [1.82, 2.24) is 5.32 Å². The van der Waals surface area contributed by atoms with Crippen molar-refractivity contribution in [3.8, 4) is 0 Å².